The Kier molecular flexibility index (Phi) is 5.71. The largest absolute Gasteiger partial charge is 0.285 e. The summed E-state index contributed by atoms with van der Waals surface area (Å²) in [6.45, 7) is 8.64. The molecule has 17 heavy (non-hydrogen) atoms. The lowest BCUT2D eigenvalue weighted by Gasteiger charge is -2.16. The molecule has 1 unspecified atom stereocenters. The highest BCUT2D eigenvalue weighted by Gasteiger charge is 2.08. The van der Waals surface area contributed by atoms with Crippen LogP contribution in [-0.2, 0) is 6.54 Å². The van der Waals surface area contributed by atoms with E-state index in [1.54, 1.807) is 0 Å². The first-order valence-corrected chi connectivity index (χ1v) is 6.34. The third-order valence-electron chi connectivity index (χ3n) is 2.93. The maximum absolute atomic E-state index is 8.76. The molecule has 1 heterocycles. The molecule has 0 amide bonds. The van der Waals surface area contributed by atoms with Gasteiger partial charge >= 0.3 is 0 Å². The third-order valence-corrected chi connectivity index (χ3v) is 2.93. The van der Waals surface area contributed by atoms with Crippen LogP contribution < -0.4 is 0 Å². The molecule has 4 heteroatoms. The molecule has 0 aliphatic carbocycles. The monoisotopic (exact) mass is 234 g/mol. The average Bonchev–Trinajstić information content (AvgIpc) is 2.77. The van der Waals surface area contributed by atoms with Gasteiger partial charge in [-0.2, -0.15) is 10.4 Å². The molecule has 0 aromatic carbocycles. The van der Waals surface area contributed by atoms with Gasteiger partial charge in [-0.1, -0.05) is 13.8 Å². The molecule has 0 spiro atoms. The summed E-state index contributed by atoms with van der Waals surface area (Å²) in [6.07, 6.45) is 4.17. The smallest absolute Gasteiger partial charge is 0.0869 e. The van der Waals surface area contributed by atoms with Crippen molar-refractivity contribution in [2.24, 2.45) is 0 Å². The highest BCUT2D eigenvalue weighted by molar-refractivity contribution is 5.00. The molecule has 0 aliphatic heterocycles. The van der Waals surface area contributed by atoms with Crippen LogP contribution in [0.4, 0.5) is 0 Å². The number of nitrogens with zero attached hydrogens (tertiary/aromatic N) is 4. The summed E-state index contributed by atoms with van der Waals surface area (Å²) in [6, 6.07) is 4.70. The molecule has 0 aliphatic rings. The van der Waals surface area contributed by atoms with E-state index in [1.165, 1.54) is 0 Å². The maximum Gasteiger partial charge on any atom is 0.0869 e. The Bertz CT molecular complexity index is 364. The van der Waals surface area contributed by atoms with E-state index in [-0.39, 0.29) is 0 Å². The summed E-state index contributed by atoms with van der Waals surface area (Å²) >= 11 is 0. The van der Waals surface area contributed by atoms with Crippen molar-refractivity contribution < 1.29 is 0 Å². The molecule has 0 bridgehead atoms. The number of aromatic nitrogens is 2. The molecule has 0 N–H and O–H groups in total. The molecule has 4 nitrogen and oxygen atoms in total. The highest BCUT2D eigenvalue weighted by atomic mass is 15.3. The van der Waals surface area contributed by atoms with E-state index in [0.29, 0.717) is 12.6 Å². The van der Waals surface area contributed by atoms with Gasteiger partial charge in [0.15, 0.2) is 0 Å². The summed E-state index contributed by atoms with van der Waals surface area (Å²) in [5, 5.41) is 13.3. The van der Waals surface area contributed by atoms with Gasteiger partial charge in [0.2, 0.25) is 0 Å². The maximum atomic E-state index is 8.76. The number of nitriles is 1. The van der Waals surface area contributed by atoms with Crippen LogP contribution in [-0.4, -0.2) is 27.8 Å². The third kappa shape index (κ3) is 4.20. The second-order valence-electron chi connectivity index (χ2n) is 4.41. The van der Waals surface area contributed by atoms with Crippen LogP contribution in [0.1, 0.15) is 45.3 Å². The summed E-state index contributed by atoms with van der Waals surface area (Å²) in [5.41, 5.74) is 1.05. The van der Waals surface area contributed by atoms with Crippen LogP contribution in [0.5, 0.6) is 0 Å². The van der Waals surface area contributed by atoms with Crippen molar-refractivity contribution in [1.29, 1.82) is 5.26 Å². The molecule has 1 aromatic heterocycles. The Balaban J connectivity index is 2.60. The minimum Gasteiger partial charge on any atom is -0.285 e. The lowest BCUT2D eigenvalue weighted by atomic mass is 10.3. The van der Waals surface area contributed by atoms with Crippen molar-refractivity contribution in [2.45, 2.75) is 46.2 Å². The lowest BCUT2D eigenvalue weighted by Crippen LogP contribution is -2.24. The molecule has 1 rings (SSSR count). The SMILES string of the molecule is CCCN(CC#N)Cc1ccn(C(C)CC)n1. The van der Waals surface area contributed by atoms with E-state index >= 15 is 0 Å². The molecular formula is C13H22N4. The van der Waals surface area contributed by atoms with Crippen LogP contribution >= 0.6 is 0 Å². The van der Waals surface area contributed by atoms with Gasteiger partial charge in [0.05, 0.1) is 18.3 Å². The molecule has 0 fully saturated rings. The average molecular weight is 234 g/mol. The predicted octanol–water partition coefficient (Wildman–Crippen LogP) is 2.59. The summed E-state index contributed by atoms with van der Waals surface area (Å²) in [4.78, 5) is 2.13. The quantitative estimate of drug-likeness (QED) is 0.681. The number of hydrogen-bond acceptors (Lipinski definition) is 3. The van der Waals surface area contributed by atoms with Gasteiger partial charge in [0.1, 0.15) is 0 Å². The van der Waals surface area contributed by atoms with Gasteiger partial charge in [-0.15, -0.1) is 0 Å². The fourth-order valence-electron chi connectivity index (χ4n) is 1.75. The van der Waals surface area contributed by atoms with E-state index in [4.69, 9.17) is 5.26 Å². The fraction of sp³-hybridized carbons (Fsp3) is 0.692. The second kappa shape index (κ2) is 7.08. The van der Waals surface area contributed by atoms with E-state index in [9.17, 15) is 0 Å². The first-order valence-electron chi connectivity index (χ1n) is 6.34. The Hall–Kier alpha value is -1.34. The molecule has 1 atom stereocenters. The van der Waals surface area contributed by atoms with E-state index in [1.807, 2.05) is 16.9 Å². The van der Waals surface area contributed by atoms with Crippen molar-refractivity contribution in [3.05, 3.63) is 18.0 Å². The van der Waals surface area contributed by atoms with Crippen molar-refractivity contribution in [1.82, 2.24) is 14.7 Å². The van der Waals surface area contributed by atoms with E-state index in [0.717, 1.165) is 31.6 Å². The van der Waals surface area contributed by atoms with Gasteiger partial charge in [0, 0.05) is 18.8 Å². The standard InChI is InChI=1S/C13H22N4/c1-4-8-16(10-7-14)11-13-6-9-17(15-13)12(3)5-2/h6,9,12H,4-5,8,10-11H2,1-3H3. The van der Waals surface area contributed by atoms with Crippen LogP contribution in [0.3, 0.4) is 0 Å². The van der Waals surface area contributed by atoms with Crippen molar-refractivity contribution in [3.63, 3.8) is 0 Å². The van der Waals surface area contributed by atoms with Gasteiger partial charge < -0.3 is 0 Å². The Morgan fingerprint density at radius 1 is 1.53 bits per heavy atom. The molecule has 1 aromatic rings. The van der Waals surface area contributed by atoms with Gasteiger partial charge in [-0.05, 0) is 32.4 Å². The second-order valence-corrected chi connectivity index (χ2v) is 4.41. The first kappa shape index (κ1) is 13.7. The number of rotatable bonds is 7. The zero-order valence-corrected chi connectivity index (χ0v) is 11.1. The first-order chi connectivity index (χ1) is 8.21. The minimum atomic E-state index is 0.444. The Morgan fingerprint density at radius 2 is 2.29 bits per heavy atom. The van der Waals surface area contributed by atoms with Gasteiger partial charge in [0.25, 0.3) is 0 Å². The lowest BCUT2D eigenvalue weighted by molar-refractivity contribution is 0.292. The van der Waals surface area contributed by atoms with E-state index in [2.05, 4.69) is 36.8 Å². The molecular weight excluding hydrogens is 212 g/mol. The zero-order chi connectivity index (χ0) is 12.7. The fourth-order valence-corrected chi connectivity index (χ4v) is 1.75. The zero-order valence-electron chi connectivity index (χ0n) is 11.1. The van der Waals surface area contributed by atoms with Gasteiger partial charge in [-0.25, -0.2) is 0 Å². The Labute approximate surface area is 104 Å². The van der Waals surface area contributed by atoms with Crippen LogP contribution in [0.15, 0.2) is 12.3 Å². The van der Waals surface area contributed by atoms with Crippen molar-refractivity contribution in [2.75, 3.05) is 13.1 Å². The van der Waals surface area contributed by atoms with Gasteiger partial charge in [-0.3, -0.25) is 9.58 Å². The molecule has 0 radical (unpaired) electrons. The molecule has 0 saturated carbocycles. The van der Waals surface area contributed by atoms with Crippen molar-refractivity contribution >= 4 is 0 Å². The summed E-state index contributed by atoms with van der Waals surface area (Å²) < 4.78 is 2.01. The van der Waals surface area contributed by atoms with Crippen LogP contribution in [0.25, 0.3) is 0 Å². The normalized spacial score (nSPS) is 12.6. The molecule has 0 saturated heterocycles. The number of hydrogen-bond donors (Lipinski definition) is 0. The Morgan fingerprint density at radius 3 is 2.88 bits per heavy atom. The van der Waals surface area contributed by atoms with Crippen LogP contribution in [0, 0.1) is 11.3 Å². The highest BCUT2D eigenvalue weighted by Crippen LogP contribution is 2.10. The summed E-state index contributed by atoms with van der Waals surface area (Å²) in [7, 11) is 0. The summed E-state index contributed by atoms with van der Waals surface area (Å²) in [5.74, 6) is 0. The minimum absolute atomic E-state index is 0.444. The van der Waals surface area contributed by atoms with Crippen molar-refractivity contribution in [3.8, 4) is 6.07 Å². The topological polar surface area (TPSA) is 44.9 Å². The van der Waals surface area contributed by atoms with Crippen LogP contribution in [0.2, 0.25) is 0 Å². The molecule has 94 valence electrons. The van der Waals surface area contributed by atoms with E-state index < -0.39 is 0 Å². The predicted molar refractivity (Wildman–Crippen MR) is 68.4 cm³/mol.